The van der Waals surface area contributed by atoms with E-state index in [1.54, 1.807) is 0 Å². The van der Waals surface area contributed by atoms with E-state index < -0.39 is 0 Å². The normalized spacial score (nSPS) is 13.0. The molecule has 0 spiro atoms. The highest BCUT2D eigenvalue weighted by Gasteiger charge is 2.35. The molecule has 11 aromatic carbocycles. The third kappa shape index (κ3) is 5.84. The molecule has 71 heavy (non-hydrogen) atoms. The number of para-hydroxylation sites is 2. The zero-order valence-corrected chi connectivity index (χ0v) is 39.1. The van der Waals surface area contributed by atoms with E-state index in [2.05, 4.69) is 229 Å². The van der Waals surface area contributed by atoms with Gasteiger partial charge in [0.05, 0.1) is 22.1 Å². The van der Waals surface area contributed by atoms with E-state index >= 15 is 0 Å². The zero-order valence-electron chi connectivity index (χ0n) is 39.1. The van der Waals surface area contributed by atoms with Crippen LogP contribution >= 0.6 is 0 Å². The number of hydrogen-bond acceptors (Lipinski definition) is 3. The first kappa shape index (κ1) is 39.8. The maximum atomic E-state index is 5.43. The zero-order chi connectivity index (χ0) is 47.0. The topological polar surface area (TPSA) is 48.5 Å². The van der Waals surface area contributed by atoms with Gasteiger partial charge in [0.1, 0.15) is 0 Å². The number of benzene rings is 11. The van der Waals surface area contributed by atoms with Crippen molar-refractivity contribution in [3.8, 4) is 56.7 Å². The van der Waals surface area contributed by atoms with Gasteiger partial charge in [0.25, 0.3) is 0 Å². The monoisotopic (exact) mass is 905 g/mol. The molecule has 0 saturated carbocycles. The second kappa shape index (κ2) is 14.9. The van der Waals surface area contributed by atoms with Crippen LogP contribution in [0.25, 0.3) is 133 Å². The molecule has 0 bridgehead atoms. The van der Waals surface area contributed by atoms with Gasteiger partial charge in [-0.15, -0.1) is 0 Å². The lowest BCUT2D eigenvalue weighted by molar-refractivity contribution is 0.660. The Morgan fingerprint density at radius 3 is 1.54 bits per heavy atom. The third-order valence-corrected chi connectivity index (χ3v) is 15.3. The Labute approximate surface area is 409 Å². The lowest BCUT2D eigenvalue weighted by Gasteiger charge is -2.21. The first-order valence-corrected chi connectivity index (χ1v) is 24.4. The van der Waals surface area contributed by atoms with Crippen molar-refractivity contribution in [2.45, 2.75) is 19.3 Å². The molecular formula is C66H43N5. The SMILES string of the molecule is CC1(C)c2ccccc2-c2ccc(-c3nc(-c4ccccc4)nc(-n4c5ccccc5c5cc6c7ccccc7n(-c7cccc(-c8ccc9c%10ccccc%10c%10ccccc%10c9c8)c7)c6cc54)n3)cc21. The van der Waals surface area contributed by atoms with E-state index in [-0.39, 0.29) is 5.41 Å². The molecule has 14 aromatic rings. The number of fused-ring (bicyclic) bond motifs is 15. The van der Waals surface area contributed by atoms with Crippen LogP contribution in [0.1, 0.15) is 25.0 Å². The van der Waals surface area contributed by atoms with Crippen LogP contribution in [-0.2, 0) is 5.41 Å². The molecule has 0 atom stereocenters. The molecule has 1 aliphatic carbocycles. The van der Waals surface area contributed by atoms with Crippen molar-refractivity contribution in [1.82, 2.24) is 24.1 Å². The van der Waals surface area contributed by atoms with E-state index in [1.165, 1.54) is 70.9 Å². The number of rotatable bonds is 5. The van der Waals surface area contributed by atoms with Crippen molar-refractivity contribution >= 4 is 75.9 Å². The molecule has 332 valence electrons. The van der Waals surface area contributed by atoms with Gasteiger partial charge < -0.3 is 4.57 Å². The van der Waals surface area contributed by atoms with Gasteiger partial charge in [-0.25, -0.2) is 4.98 Å². The van der Waals surface area contributed by atoms with Crippen molar-refractivity contribution in [1.29, 1.82) is 0 Å². The molecule has 0 N–H and O–H groups in total. The van der Waals surface area contributed by atoms with Crippen LogP contribution in [0.15, 0.2) is 224 Å². The van der Waals surface area contributed by atoms with Gasteiger partial charge in [-0.1, -0.05) is 190 Å². The maximum Gasteiger partial charge on any atom is 0.238 e. The molecule has 1 aliphatic rings. The minimum atomic E-state index is -0.171. The van der Waals surface area contributed by atoms with Crippen molar-refractivity contribution in [3.05, 3.63) is 236 Å². The summed E-state index contributed by atoms with van der Waals surface area (Å²) in [5.41, 5.74) is 14.6. The van der Waals surface area contributed by atoms with E-state index in [0.717, 1.165) is 55.2 Å². The lowest BCUT2D eigenvalue weighted by Crippen LogP contribution is -2.15. The first-order chi connectivity index (χ1) is 35.0. The molecule has 0 fully saturated rings. The largest absolute Gasteiger partial charge is 0.309 e. The smallest absolute Gasteiger partial charge is 0.238 e. The predicted octanol–water partition coefficient (Wildman–Crippen LogP) is 16.8. The minimum absolute atomic E-state index is 0.171. The summed E-state index contributed by atoms with van der Waals surface area (Å²) in [6, 6.07) is 81.5. The summed E-state index contributed by atoms with van der Waals surface area (Å²) in [4.78, 5) is 16.0. The van der Waals surface area contributed by atoms with Crippen LogP contribution in [0.4, 0.5) is 0 Å². The second-order valence-corrected chi connectivity index (χ2v) is 19.6. The molecule has 0 radical (unpaired) electrons. The third-order valence-electron chi connectivity index (χ3n) is 15.3. The molecular weight excluding hydrogens is 863 g/mol. The number of hydrogen-bond donors (Lipinski definition) is 0. The maximum absolute atomic E-state index is 5.43. The average molecular weight is 906 g/mol. The summed E-state index contributed by atoms with van der Waals surface area (Å²) in [5.74, 6) is 1.83. The van der Waals surface area contributed by atoms with Crippen LogP contribution in [0.3, 0.4) is 0 Å². The van der Waals surface area contributed by atoms with Gasteiger partial charge in [-0.05, 0) is 114 Å². The summed E-state index contributed by atoms with van der Waals surface area (Å²) >= 11 is 0. The van der Waals surface area contributed by atoms with Crippen LogP contribution in [0.5, 0.6) is 0 Å². The minimum Gasteiger partial charge on any atom is -0.309 e. The van der Waals surface area contributed by atoms with E-state index in [4.69, 9.17) is 15.0 Å². The van der Waals surface area contributed by atoms with Gasteiger partial charge >= 0.3 is 0 Å². The van der Waals surface area contributed by atoms with Crippen molar-refractivity contribution < 1.29 is 0 Å². The van der Waals surface area contributed by atoms with Crippen molar-refractivity contribution in [2.24, 2.45) is 0 Å². The van der Waals surface area contributed by atoms with E-state index in [9.17, 15) is 0 Å². The standard InChI is InChI=1S/C66H43N5/c1-66(2)57-28-13-10-25-50(57)51-34-32-43(37-58(51)66)64-67-63(40-17-4-3-5-18-40)68-65(69-64)71-60-30-15-12-27-53(60)56-38-55-52-26-11-14-29-59(52)70(61(55)39-62(56)71)44-20-16-19-41(35-44)42-31-33-49-47-23-7-6-21-45(47)46-22-8-9-24-48(46)54(49)36-42/h3-39H,1-2H3. The quantitative estimate of drug-likeness (QED) is 0.162. The van der Waals surface area contributed by atoms with Gasteiger partial charge in [-0.2, -0.15) is 9.97 Å². The average Bonchev–Trinajstić information content (AvgIpc) is 4.02. The Hall–Kier alpha value is -9.19. The Balaban J connectivity index is 0.945. The van der Waals surface area contributed by atoms with Gasteiger partial charge in [0.2, 0.25) is 5.95 Å². The Morgan fingerprint density at radius 2 is 0.817 bits per heavy atom. The van der Waals surface area contributed by atoms with E-state index in [0.29, 0.717) is 17.6 Å². The highest BCUT2D eigenvalue weighted by atomic mass is 15.2. The Kier molecular flexibility index (Phi) is 8.35. The van der Waals surface area contributed by atoms with Crippen LogP contribution in [0.2, 0.25) is 0 Å². The molecule has 0 saturated heterocycles. The molecule has 0 aliphatic heterocycles. The summed E-state index contributed by atoms with van der Waals surface area (Å²) in [5, 5.41) is 12.3. The second-order valence-electron chi connectivity index (χ2n) is 19.6. The molecule has 15 rings (SSSR count). The fraction of sp³-hybridized carbons (Fsp3) is 0.0455. The number of aromatic nitrogens is 5. The molecule has 0 unspecified atom stereocenters. The Morgan fingerprint density at radius 1 is 0.296 bits per heavy atom. The lowest BCUT2D eigenvalue weighted by atomic mass is 9.82. The predicted molar refractivity (Wildman–Crippen MR) is 295 cm³/mol. The highest BCUT2D eigenvalue weighted by molar-refractivity contribution is 6.26. The van der Waals surface area contributed by atoms with Crippen molar-refractivity contribution in [3.63, 3.8) is 0 Å². The van der Waals surface area contributed by atoms with Gasteiger partial charge in [-0.3, -0.25) is 4.57 Å². The van der Waals surface area contributed by atoms with E-state index in [1.807, 2.05) is 18.2 Å². The number of nitrogens with zero attached hydrogens (tertiary/aromatic N) is 5. The summed E-state index contributed by atoms with van der Waals surface area (Å²) < 4.78 is 4.68. The molecule has 0 amide bonds. The summed E-state index contributed by atoms with van der Waals surface area (Å²) in [7, 11) is 0. The fourth-order valence-electron chi connectivity index (χ4n) is 12.0. The first-order valence-electron chi connectivity index (χ1n) is 24.4. The van der Waals surface area contributed by atoms with Gasteiger partial charge in [0, 0.05) is 43.8 Å². The van der Waals surface area contributed by atoms with Crippen LogP contribution in [-0.4, -0.2) is 24.1 Å². The Bertz CT molecular complexity index is 4520. The molecule has 3 aromatic heterocycles. The fourth-order valence-corrected chi connectivity index (χ4v) is 12.0. The highest BCUT2D eigenvalue weighted by Crippen LogP contribution is 2.50. The van der Waals surface area contributed by atoms with Gasteiger partial charge in [0.15, 0.2) is 11.6 Å². The molecule has 5 nitrogen and oxygen atoms in total. The summed E-state index contributed by atoms with van der Waals surface area (Å²) in [6.45, 7) is 4.63. The summed E-state index contributed by atoms with van der Waals surface area (Å²) in [6.07, 6.45) is 0. The molecule has 5 heteroatoms. The van der Waals surface area contributed by atoms with Crippen LogP contribution in [0, 0.1) is 0 Å². The van der Waals surface area contributed by atoms with Crippen molar-refractivity contribution in [2.75, 3.05) is 0 Å². The molecule has 3 heterocycles. The van der Waals surface area contributed by atoms with Crippen LogP contribution < -0.4 is 0 Å².